The molecule has 3 aromatic rings. The summed E-state index contributed by atoms with van der Waals surface area (Å²) in [5, 5.41) is 15.0. The fraction of sp³-hybridized carbons (Fsp3) is 0.250. The molecule has 2 aliphatic heterocycles. The highest BCUT2D eigenvalue weighted by molar-refractivity contribution is 6.30. The summed E-state index contributed by atoms with van der Waals surface area (Å²) in [6.45, 7) is 0.362. The number of pyridine rings is 1. The van der Waals surface area contributed by atoms with E-state index in [1.165, 1.54) is 37.5 Å². The highest BCUT2D eigenvalue weighted by Gasteiger charge is 2.50. The molecule has 40 heavy (non-hydrogen) atoms. The number of hydrogen-bond donors (Lipinski definition) is 3. The predicted molar refractivity (Wildman–Crippen MR) is 146 cm³/mol. The zero-order valence-corrected chi connectivity index (χ0v) is 22.2. The Kier molecular flexibility index (Phi) is 7.31. The maximum Gasteiger partial charge on any atom is 0.413 e. The molecule has 0 aliphatic carbocycles. The number of nitrogens with one attached hydrogen (secondary N) is 2. The minimum Gasteiger partial charge on any atom is -0.465 e. The fourth-order valence-electron chi connectivity index (χ4n) is 4.97. The van der Waals surface area contributed by atoms with Crippen molar-refractivity contribution in [3.8, 4) is 0 Å². The quantitative estimate of drug-likeness (QED) is 0.413. The van der Waals surface area contributed by atoms with Crippen LogP contribution in [0, 0.1) is 0 Å². The Balaban J connectivity index is 1.38. The van der Waals surface area contributed by atoms with Gasteiger partial charge in [-0.3, -0.25) is 19.8 Å². The highest BCUT2D eigenvalue weighted by atomic mass is 35.5. The van der Waals surface area contributed by atoms with Gasteiger partial charge in [0.2, 0.25) is 5.91 Å². The number of likely N-dealkylation sites (tertiary alicyclic amines) is 1. The molecule has 0 radical (unpaired) electrons. The van der Waals surface area contributed by atoms with Crippen LogP contribution in [0.4, 0.5) is 21.1 Å². The van der Waals surface area contributed by atoms with Gasteiger partial charge in [-0.15, -0.1) is 0 Å². The smallest absolute Gasteiger partial charge is 0.413 e. The number of carbonyl (C=O) groups is 4. The Morgan fingerprint density at radius 2 is 1.93 bits per heavy atom. The molecule has 206 valence electrons. The molecule has 1 saturated heterocycles. The topological polar surface area (TPSA) is 141 Å². The van der Waals surface area contributed by atoms with Crippen molar-refractivity contribution in [3.63, 3.8) is 0 Å². The molecule has 0 saturated carbocycles. The van der Waals surface area contributed by atoms with Crippen LogP contribution in [0.5, 0.6) is 0 Å². The number of amides is 4. The summed E-state index contributed by atoms with van der Waals surface area (Å²) in [7, 11) is 1.40. The van der Waals surface area contributed by atoms with Gasteiger partial charge in [0.15, 0.2) is 5.60 Å². The number of aromatic nitrogens is 1. The van der Waals surface area contributed by atoms with Crippen LogP contribution >= 0.6 is 11.6 Å². The number of carboxylic acid groups (broad SMARTS) is 1. The summed E-state index contributed by atoms with van der Waals surface area (Å²) in [6.07, 6.45) is 0.207. The van der Waals surface area contributed by atoms with Crippen molar-refractivity contribution in [1.82, 2.24) is 15.2 Å². The Morgan fingerprint density at radius 3 is 2.62 bits per heavy atom. The lowest BCUT2D eigenvalue weighted by atomic mass is 9.92. The first kappa shape index (κ1) is 26.9. The van der Waals surface area contributed by atoms with Crippen molar-refractivity contribution in [1.29, 1.82) is 0 Å². The van der Waals surface area contributed by atoms with Gasteiger partial charge < -0.3 is 20.1 Å². The monoisotopic (exact) mass is 563 g/mol. The van der Waals surface area contributed by atoms with E-state index < -0.39 is 29.7 Å². The number of benzene rings is 2. The molecule has 3 heterocycles. The van der Waals surface area contributed by atoms with Crippen LogP contribution in [0.25, 0.3) is 0 Å². The van der Waals surface area contributed by atoms with Gasteiger partial charge in [-0.2, -0.15) is 0 Å². The maximum atomic E-state index is 13.9. The normalized spacial score (nSPS) is 18.4. The van der Waals surface area contributed by atoms with Crippen molar-refractivity contribution in [2.24, 2.45) is 0 Å². The van der Waals surface area contributed by atoms with Crippen LogP contribution in [0.2, 0.25) is 5.02 Å². The molecule has 2 aliphatic rings. The SMILES string of the molecule is CN(C(=O)O)c1ccc(C(=O)N[C@@H](Cc2ccccc2)C(=O)N2CC[C@]3(C2)OC(=O)Nc2ncc(Cl)cc23)cc1. The van der Waals surface area contributed by atoms with Crippen LogP contribution in [0.3, 0.4) is 0 Å². The molecule has 1 spiro atoms. The molecule has 1 fully saturated rings. The zero-order chi connectivity index (χ0) is 28.4. The molecule has 3 N–H and O–H groups in total. The molecule has 2 aromatic carbocycles. The second-order valence-corrected chi connectivity index (χ2v) is 10.1. The molecule has 11 nitrogen and oxygen atoms in total. The van der Waals surface area contributed by atoms with Gasteiger partial charge in [0.25, 0.3) is 5.91 Å². The second kappa shape index (κ2) is 10.9. The number of rotatable bonds is 6. The van der Waals surface area contributed by atoms with Crippen LogP contribution < -0.4 is 15.5 Å². The van der Waals surface area contributed by atoms with E-state index in [1.807, 2.05) is 30.3 Å². The van der Waals surface area contributed by atoms with Gasteiger partial charge >= 0.3 is 12.2 Å². The zero-order valence-electron chi connectivity index (χ0n) is 21.5. The molecule has 0 bridgehead atoms. The average molecular weight is 564 g/mol. The van der Waals surface area contributed by atoms with Crippen molar-refractivity contribution >= 4 is 47.1 Å². The number of ether oxygens (including phenoxy) is 1. The van der Waals surface area contributed by atoms with Gasteiger partial charge in [-0.05, 0) is 35.9 Å². The molecule has 0 unspecified atom stereocenters. The Hall–Kier alpha value is -4.64. The minimum atomic E-state index is -1.13. The first-order valence-corrected chi connectivity index (χ1v) is 12.9. The predicted octanol–water partition coefficient (Wildman–Crippen LogP) is 3.88. The van der Waals surface area contributed by atoms with Crippen LogP contribution in [0.15, 0.2) is 66.9 Å². The fourth-order valence-corrected chi connectivity index (χ4v) is 5.13. The van der Waals surface area contributed by atoms with Crippen molar-refractivity contribution in [2.75, 3.05) is 30.4 Å². The minimum absolute atomic E-state index is 0.0751. The van der Waals surface area contributed by atoms with Crippen LogP contribution in [-0.4, -0.2) is 65.2 Å². The molecule has 12 heteroatoms. The lowest BCUT2D eigenvalue weighted by Gasteiger charge is -2.35. The number of carbonyl (C=O) groups excluding carboxylic acids is 3. The molecular weight excluding hydrogens is 538 g/mol. The third kappa shape index (κ3) is 5.41. The van der Waals surface area contributed by atoms with Crippen molar-refractivity contribution in [3.05, 3.63) is 88.6 Å². The molecule has 4 amide bonds. The van der Waals surface area contributed by atoms with Crippen molar-refractivity contribution in [2.45, 2.75) is 24.5 Å². The summed E-state index contributed by atoms with van der Waals surface area (Å²) in [4.78, 5) is 57.4. The summed E-state index contributed by atoms with van der Waals surface area (Å²) in [6, 6.07) is 16.1. The van der Waals surface area contributed by atoms with E-state index >= 15 is 0 Å². The van der Waals surface area contributed by atoms with E-state index in [4.69, 9.17) is 16.3 Å². The van der Waals surface area contributed by atoms with Crippen LogP contribution in [-0.2, 0) is 21.6 Å². The molecule has 2 atom stereocenters. The van der Waals surface area contributed by atoms with E-state index in [1.54, 1.807) is 11.0 Å². The highest BCUT2D eigenvalue weighted by Crippen LogP contribution is 2.43. The van der Waals surface area contributed by atoms with Gasteiger partial charge in [-0.25, -0.2) is 14.6 Å². The van der Waals surface area contributed by atoms with E-state index in [9.17, 15) is 24.3 Å². The molecule has 5 rings (SSSR count). The maximum absolute atomic E-state index is 13.9. The lowest BCUT2D eigenvalue weighted by Crippen LogP contribution is -2.50. The second-order valence-electron chi connectivity index (χ2n) is 9.67. The number of nitrogens with zero attached hydrogens (tertiary/aromatic N) is 3. The van der Waals surface area contributed by atoms with Crippen LogP contribution in [0.1, 0.15) is 27.9 Å². The van der Waals surface area contributed by atoms with Gasteiger partial charge in [0, 0.05) is 49.4 Å². The van der Waals surface area contributed by atoms with E-state index in [-0.39, 0.29) is 31.0 Å². The Labute approximate surface area is 234 Å². The number of halogens is 1. The number of anilines is 2. The summed E-state index contributed by atoms with van der Waals surface area (Å²) in [5.41, 5.74) is 0.995. The number of fused-ring (bicyclic) bond motifs is 2. The summed E-state index contributed by atoms with van der Waals surface area (Å²) in [5.74, 6) is -0.481. The van der Waals surface area contributed by atoms with E-state index in [0.717, 1.165) is 10.5 Å². The van der Waals surface area contributed by atoms with Crippen molar-refractivity contribution < 1.29 is 29.0 Å². The Morgan fingerprint density at radius 1 is 1.20 bits per heavy atom. The van der Waals surface area contributed by atoms with Gasteiger partial charge in [-0.1, -0.05) is 41.9 Å². The summed E-state index contributed by atoms with van der Waals surface area (Å²) >= 11 is 6.18. The third-order valence-corrected chi connectivity index (χ3v) is 7.29. The van der Waals surface area contributed by atoms with E-state index in [0.29, 0.717) is 28.5 Å². The third-order valence-electron chi connectivity index (χ3n) is 7.09. The first-order valence-electron chi connectivity index (χ1n) is 12.5. The first-order chi connectivity index (χ1) is 19.1. The number of hydrogen-bond acceptors (Lipinski definition) is 6. The molecular formula is C28H26ClN5O6. The largest absolute Gasteiger partial charge is 0.465 e. The van der Waals surface area contributed by atoms with Gasteiger partial charge in [0.1, 0.15) is 11.9 Å². The lowest BCUT2D eigenvalue weighted by molar-refractivity contribution is -0.133. The average Bonchev–Trinajstić information content (AvgIpc) is 3.37. The Bertz CT molecular complexity index is 1470. The molecule has 1 aromatic heterocycles. The van der Waals surface area contributed by atoms with E-state index in [2.05, 4.69) is 15.6 Å². The standard InChI is InChI=1S/C28H26ClN5O6/c1-33(27(38)39)20-9-7-18(8-10-20)24(35)31-22(13-17-5-3-2-4-6-17)25(36)34-12-11-28(16-34)21-14-19(29)15-30-23(21)32-26(37)40-28/h2-10,14-15,22H,11-13,16H2,1H3,(H,31,35)(H,38,39)(H,30,32,37)/t22-,28+/m0/s1. The van der Waals surface area contributed by atoms with Gasteiger partial charge in [0.05, 0.1) is 11.6 Å². The summed E-state index contributed by atoms with van der Waals surface area (Å²) < 4.78 is 5.72.